The van der Waals surface area contributed by atoms with Crippen molar-refractivity contribution in [2.75, 3.05) is 13.2 Å². The number of nitrogens with one attached hydrogen (secondary N) is 1. The highest BCUT2D eigenvalue weighted by Crippen LogP contribution is 2.45. The lowest BCUT2D eigenvalue weighted by Gasteiger charge is -2.51. The Hall–Kier alpha value is -2.00. The van der Waals surface area contributed by atoms with Crippen molar-refractivity contribution >= 4 is 5.91 Å². The monoisotopic (exact) mass is 375 g/mol. The quantitative estimate of drug-likeness (QED) is 0.690. The van der Waals surface area contributed by atoms with Gasteiger partial charge < -0.3 is 25.0 Å². The molecule has 1 heterocycles. The second-order valence-corrected chi connectivity index (χ2v) is 6.77. The Balaban J connectivity index is 2.05. The van der Waals surface area contributed by atoms with E-state index >= 15 is 0 Å². The van der Waals surface area contributed by atoms with Crippen LogP contribution >= 0.6 is 0 Å². The minimum absolute atomic E-state index is 0.0509. The Morgan fingerprint density at radius 1 is 1.15 bits per heavy atom. The summed E-state index contributed by atoms with van der Waals surface area (Å²) in [4.78, 5) is 11.7. The number of aromatic hydroxyl groups is 2. The van der Waals surface area contributed by atoms with Crippen LogP contribution in [-0.2, 0) is 27.1 Å². The van der Waals surface area contributed by atoms with Crippen molar-refractivity contribution in [3.8, 4) is 11.5 Å². The Kier molecular flexibility index (Phi) is 4.56. The molecule has 0 bridgehead atoms. The van der Waals surface area contributed by atoms with Crippen LogP contribution in [0.2, 0.25) is 0 Å². The van der Waals surface area contributed by atoms with Crippen LogP contribution in [0.1, 0.15) is 30.9 Å². The van der Waals surface area contributed by atoms with Crippen molar-refractivity contribution in [3.63, 3.8) is 0 Å². The van der Waals surface area contributed by atoms with Gasteiger partial charge in [0.15, 0.2) is 5.79 Å². The van der Waals surface area contributed by atoms with Gasteiger partial charge >= 0.3 is 12.1 Å². The third-order valence-electron chi connectivity index (χ3n) is 5.19. The van der Waals surface area contributed by atoms with Gasteiger partial charge in [-0.05, 0) is 38.3 Å². The molecule has 1 aromatic carbocycles. The van der Waals surface area contributed by atoms with Gasteiger partial charge in [-0.3, -0.25) is 4.79 Å². The van der Waals surface area contributed by atoms with E-state index in [0.29, 0.717) is 12.0 Å². The lowest BCUT2D eigenvalue weighted by atomic mass is 9.72. The largest absolute Gasteiger partial charge is 0.508 e. The van der Waals surface area contributed by atoms with Crippen LogP contribution in [0.4, 0.5) is 13.2 Å². The summed E-state index contributed by atoms with van der Waals surface area (Å²) in [6, 6.07) is 2.59. The van der Waals surface area contributed by atoms with E-state index in [0.717, 1.165) is 0 Å². The Bertz CT molecular complexity index is 715. The summed E-state index contributed by atoms with van der Waals surface area (Å²) in [7, 11) is 0. The van der Waals surface area contributed by atoms with E-state index in [1.165, 1.54) is 19.1 Å². The van der Waals surface area contributed by atoms with Crippen LogP contribution in [0.15, 0.2) is 12.1 Å². The number of phenolic OH excluding ortho intramolecular Hbond substituents is 2. The summed E-state index contributed by atoms with van der Waals surface area (Å²) >= 11 is 0. The molecule has 144 valence electrons. The highest BCUT2D eigenvalue weighted by atomic mass is 19.4. The molecule has 6 nitrogen and oxygen atoms in total. The maximum absolute atomic E-state index is 12.9. The molecule has 0 aromatic heterocycles. The third-order valence-corrected chi connectivity index (χ3v) is 5.19. The number of benzene rings is 1. The molecule has 2 aliphatic rings. The maximum Gasteiger partial charge on any atom is 0.471 e. The Morgan fingerprint density at radius 2 is 1.73 bits per heavy atom. The molecule has 1 aliphatic heterocycles. The molecule has 0 saturated carbocycles. The summed E-state index contributed by atoms with van der Waals surface area (Å²) in [5, 5.41) is 22.2. The van der Waals surface area contributed by atoms with Crippen molar-refractivity contribution in [3.05, 3.63) is 23.3 Å². The minimum Gasteiger partial charge on any atom is -0.508 e. The minimum atomic E-state index is -5.07. The predicted octanol–water partition coefficient (Wildman–Crippen LogP) is 2.16. The van der Waals surface area contributed by atoms with Gasteiger partial charge in [0.05, 0.1) is 18.8 Å². The lowest BCUT2D eigenvalue weighted by Crippen LogP contribution is -2.69. The van der Waals surface area contributed by atoms with Gasteiger partial charge in [-0.15, -0.1) is 0 Å². The van der Waals surface area contributed by atoms with Crippen molar-refractivity contribution in [1.82, 2.24) is 5.32 Å². The topological polar surface area (TPSA) is 88.0 Å². The van der Waals surface area contributed by atoms with E-state index in [9.17, 15) is 28.2 Å². The number of carbonyl (C=O) groups is 1. The summed E-state index contributed by atoms with van der Waals surface area (Å²) in [5.74, 6) is -3.81. The average molecular weight is 375 g/mol. The summed E-state index contributed by atoms with van der Waals surface area (Å²) in [6.45, 7) is 2.05. The van der Waals surface area contributed by atoms with Crippen molar-refractivity contribution in [1.29, 1.82) is 0 Å². The molecular formula is C17H20F3NO5. The molecule has 1 aromatic rings. The summed E-state index contributed by atoms with van der Waals surface area (Å²) < 4.78 is 50.1. The van der Waals surface area contributed by atoms with Crippen molar-refractivity contribution < 1.29 is 37.7 Å². The number of phenols is 2. The number of halogens is 3. The molecule has 1 unspecified atom stereocenters. The number of hydrogen-bond acceptors (Lipinski definition) is 5. The van der Waals surface area contributed by atoms with E-state index in [-0.39, 0.29) is 49.5 Å². The lowest BCUT2D eigenvalue weighted by molar-refractivity contribution is -0.298. The van der Waals surface area contributed by atoms with E-state index in [2.05, 4.69) is 5.32 Å². The zero-order valence-electron chi connectivity index (χ0n) is 14.2. The van der Waals surface area contributed by atoms with Gasteiger partial charge in [-0.1, -0.05) is 0 Å². The first kappa shape index (κ1) is 18.8. The van der Waals surface area contributed by atoms with Crippen molar-refractivity contribution in [2.45, 2.75) is 50.1 Å². The number of fused-ring (bicyclic) bond motifs is 1. The maximum atomic E-state index is 12.9. The summed E-state index contributed by atoms with van der Waals surface area (Å²) in [6.07, 6.45) is -4.45. The fourth-order valence-corrected chi connectivity index (χ4v) is 3.68. The average Bonchev–Trinajstić information content (AvgIpc) is 2.58. The molecule has 1 amide bonds. The predicted molar refractivity (Wildman–Crippen MR) is 83.7 cm³/mol. The highest BCUT2D eigenvalue weighted by Gasteiger charge is 2.57. The van der Waals surface area contributed by atoms with Gasteiger partial charge in [-0.25, -0.2) is 0 Å². The van der Waals surface area contributed by atoms with Gasteiger partial charge in [0.2, 0.25) is 0 Å². The SMILES string of the molecule is CC1(C2(NC(=O)C(F)(F)F)CCc3c(O)ccc(O)c3C2)OCCCO1. The Labute approximate surface area is 147 Å². The first-order valence-corrected chi connectivity index (χ1v) is 8.28. The van der Waals surface area contributed by atoms with Gasteiger partial charge in [0.25, 0.3) is 0 Å². The number of alkyl halides is 3. The molecule has 9 heteroatoms. The molecule has 0 radical (unpaired) electrons. The molecular weight excluding hydrogens is 355 g/mol. The molecule has 1 aliphatic carbocycles. The highest BCUT2D eigenvalue weighted by molar-refractivity contribution is 5.82. The fourth-order valence-electron chi connectivity index (χ4n) is 3.68. The normalized spacial score (nSPS) is 25.4. The second-order valence-electron chi connectivity index (χ2n) is 6.77. The molecule has 3 rings (SSSR count). The van der Waals surface area contributed by atoms with Crippen LogP contribution in [-0.4, -0.2) is 46.8 Å². The second kappa shape index (κ2) is 6.31. The number of hydrogen-bond donors (Lipinski definition) is 3. The van der Waals surface area contributed by atoms with E-state index in [1.807, 2.05) is 0 Å². The number of amides is 1. The fraction of sp³-hybridized carbons (Fsp3) is 0.588. The molecule has 1 saturated heterocycles. The van der Waals surface area contributed by atoms with Crippen LogP contribution in [0, 0.1) is 0 Å². The number of ether oxygens (including phenoxy) is 2. The number of carbonyl (C=O) groups excluding carboxylic acids is 1. The first-order chi connectivity index (χ1) is 12.1. The zero-order chi connectivity index (χ0) is 19.2. The molecule has 1 fully saturated rings. The van der Waals surface area contributed by atoms with Crippen LogP contribution in [0.25, 0.3) is 0 Å². The van der Waals surface area contributed by atoms with Gasteiger partial charge in [0.1, 0.15) is 11.5 Å². The van der Waals surface area contributed by atoms with Gasteiger partial charge in [-0.2, -0.15) is 13.2 Å². The van der Waals surface area contributed by atoms with E-state index in [4.69, 9.17) is 9.47 Å². The molecule has 26 heavy (non-hydrogen) atoms. The molecule has 0 spiro atoms. The van der Waals surface area contributed by atoms with Crippen LogP contribution in [0.5, 0.6) is 11.5 Å². The zero-order valence-corrected chi connectivity index (χ0v) is 14.2. The van der Waals surface area contributed by atoms with Crippen LogP contribution in [0.3, 0.4) is 0 Å². The van der Waals surface area contributed by atoms with E-state index < -0.39 is 23.4 Å². The number of rotatable bonds is 2. The van der Waals surface area contributed by atoms with E-state index in [1.54, 1.807) is 0 Å². The van der Waals surface area contributed by atoms with Gasteiger partial charge in [0, 0.05) is 17.5 Å². The first-order valence-electron chi connectivity index (χ1n) is 8.28. The Morgan fingerprint density at radius 3 is 2.31 bits per heavy atom. The molecule has 1 atom stereocenters. The molecule has 3 N–H and O–H groups in total. The van der Waals surface area contributed by atoms with Crippen molar-refractivity contribution in [2.24, 2.45) is 0 Å². The smallest absolute Gasteiger partial charge is 0.471 e. The third kappa shape index (κ3) is 3.09. The summed E-state index contributed by atoms with van der Waals surface area (Å²) in [5.41, 5.74) is -0.822. The standard InChI is InChI=1S/C17H20F3NO5/c1-15(25-7-2-8-26-15)16(21-14(24)17(18,19)20)6-5-10-11(9-16)13(23)4-3-12(10)22/h3-4,22-23H,2,5-9H2,1H3,(H,21,24). The van der Waals surface area contributed by atoms with Crippen LogP contribution < -0.4 is 5.32 Å².